The van der Waals surface area contributed by atoms with E-state index in [4.69, 9.17) is 9.47 Å². The van der Waals surface area contributed by atoms with Crippen molar-refractivity contribution in [2.45, 2.75) is 39.4 Å². The molecule has 8 aromatic rings. The summed E-state index contributed by atoms with van der Waals surface area (Å²) in [5, 5.41) is 47.8. The first-order valence-electron chi connectivity index (χ1n) is 19.5. The number of nitrogens with zero attached hydrogens (tertiary/aromatic N) is 15. The molecule has 0 radical (unpaired) electrons. The number of aromatic nitrogens is 14. The zero-order chi connectivity index (χ0) is 45.3. The summed E-state index contributed by atoms with van der Waals surface area (Å²) < 4.78 is 41.2. The second kappa shape index (κ2) is 22.9. The topological polar surface area (TPSA) is 273 Å². The molecule has 2 aliphatic heterocycles. The van der Waals surface area contributed by atoms with E-state index >= 15 is 0 Å². The van der Waals surface area contributed by atoms with Crippen LogP contribution in [0.2, 0.25) is 0 Å². The van der Waals surface area contributed by atoms with Crippen molar-refractivity contribution in [3.63, 3.8) is 0 Å². The van der Waals surface area contributed by atoms with Gasteiger partial charge >= 0.3 is 41.7 Å². The van der Waals surface area contributed by atoms with Crippen LogP contribution in [0.25, 0.3) is 11.4 Å². The van der Waals surface area contributed by atoms with Crippen molar-refractivity contribution in [3.05, 3.63) is 143 Å². The Morgan fingerprint density at radius 2 is 1.12 bits per heavy atom. The maximum absolute atomic E-state index is 14.7. The minimum Gasteiger partial charge on any atom is -0.870 e. The first-order valence-corrected chi connectivity index (χ1v) is 21.7. The summed E-state index contributed by atoms with van der Waals surface area (Å²) in [6, 6.07) is 27.1. The van der Waals surface area contributed by atoms with E-state index < -0.39 is 23.8 Å². The average Bonchev–Trinajstić information content (AvgIpc) is 4.18. The number of tetrazole rings is 2. The second-order valence-electron chi connectivity index (χ2n) is 14.0. The number of anilines is 4. The van der Waals surface area contributed by atoms with Gasteiger partial charge in [-0.15, -0.1) is 14.7 Å². The summed E-state index contributed by atoms with van der Waals surface area (Å²) in [5.74, 6) is -0.0948. The van der Waals surface area contributed by atoms with E-state index in [9.17, 15) is 18.4 Å². The fraction of sp³-hybridized carbons (Fsp3) is 0.200. The Morgan fingerprint density at radius 1 is 0.672 bits per heavy atom. The number of ether oxygens (including phenoxy) is 2. The summed E-state index contributed by atoms with van der Waals surface area (Å²) in [6.45, 7) is 2.08. The van der Waals surface area contributed by atoms with Crippen molar-refractivity contribution in [1.82, 2.24) is 70.8 Å². The van der Waals surface area contributed by atoms with Crippen LogP contribution < -0.4 is 50.0 Å². The number of benzene rings is 4. The minimum absolute atomic E-state index is 0. The van der Waals surface area contributed by atoms with Crippen LogP contribution in [0.1, 0.15) is 33.9 Å². The molecule has 0 fully saturated rings. The molecule has 0 saturated carbocycles. The Morgan fingerprint density at radius 3 is 1.51 bits per heavy atom. The van der Waals surface area contributed by atoms with Crippen LogP contribution in [0.5, 0.6) is 0 Å². The number of carbonyl (C=O) groups is 2. The van der Waals surface area contributed by atoms with Crippen LogP contribution in [0.15, 0.2) is 97.1 Å². The molecule has 0 unspecified atom stereocenters. The monoisotopic (exact) mass is 1040 g/mol. The first-order chi connectivity index (χ1) is 31.7. The molecule has 0 atom stereocenters. The zero-order valence-electron chi connectivity index (χ0n) is 35.9. The van der Waals surface area contributed by atoms with Crippen LogP contribution >= 0.6 is 22.6 Å². The standard InChI is InChI=1S/C20H18FN9O2.C19H16FN9O2.CH3I.Na.H2O/c1-28-19(23-26-27-28)29-10-16-17(11-29)25-30(24-16)18-8-7-14(9-15(18)21)22-20(31)32-12-13-5-3-2-4-6-13;20-14-8-13(21-19(30)31-11-12-4-2-1-3-5-12)6-7-17(14)29-24-15-9-28(10-16(15)25-29)18-22-26-27-23-18;1-2;;/h2-9H,10-12H2,1H3,(H,22,31);1-8H,9-11H2,(H,21,30)(H,22,23,26,27);1H3;;1H2/q;;;+1;/p-1. The van der Waals surface area contributed by atoms with Crippen molar-refractivity contribution in [2.75, 3.05) is 25.4 Å². The third-order valence-corrected chi connectivity index (χ3v) is 9.63. The zero-order valence-corrected chi connectivity index (χ0v) is 40.1. The number of rotatable bonds is 10. The van der Waals surface area contributed by atoms with Crippen molar-refractivity contribution in [1.29, 1.82) is 0 Å². The Kier molecular flexibility index (Phi) is 16.9. The SMILES string of the molecule is CI.Cn1nnnc1N1Cc2nn(-c3ccc(NC(=O)OCc4ccccc4)cc3F)nc2C1.O=C(Nc1ccc(-n2nc3c(n2)CN(c2nn[nH]n2)C3)c(F)c1)OCc1ccccc1.[Na+].[OH-]. The fourth-order valence-electron chi connectivity index (χ4n) is 6.59. The molecule has 340 valence electrons. The molecule has 2 amide bonds. The number of aryl methyl sites for hydroxylation is 1. The molecule has 4 aromatic carbocycles. The Balaban J connectivity index is 0.000000207. The van der Waals surface area contributed by atoms with E-state index in [-0.39, 0.29) is 71.0 Å². The molecule has 10 rings (SSSR count). The number of halogens is 3. The van der Waals surface area contributed by atoms with Crippen molar-refractivity contribution in [2.24, 2.45) is 7.05 Å². The van der Waals surface area contributed by atoms with Gasteiger partial charge in [0.05, 0.1) is 26.2 Å². The van der Waals surface area contributed by atoms with Crippen molar-refractivity contribution >= 4 is 58.0 Å². The van der Waals surface area contributed by atoms with Gasteiger partial charge < -0.3 is 24.7 Å². The van der Waals surface area contributed by atoms with Crippen molar-refractivity contribution in [3.8, 4) is 11.4 Å². The number of hydrogen-bond acceptors (Lipinski definition) is 17. The Hall–Kier alpha value is -7.01. The van der Waals surface area contributed by atoms with Gasteiger partial charge in [0.2, 0.25) is 5.95 Å². The van der Waals surface area contributed by atoms with E-state index in [0.717, 1.165) is 22.5 Å². The molecule has 0 bridgehead atoms. The predicted octanol–water partition coefficient (Wildman–Crippen LogP) is 2.27. The van der Waals surface area contributed by atoms with Crippen molar-refractivity contribution < 1.29 is 62.9 Å². The second-order valence-corrected chi connectivity index (χ2v) is 14.0. The Labute approximate surface area is 414 Å². The van der Waals surface area contributed by atoms with E-state index in [1.54, 1.807) is 23.9 Å². The number of hydrogen-bond donors (Lipinski definition) is 3. The molecule has 6 heterocycles. The smallest absolute Gasteiger partial charge is 0.870 e. The summed E-state index contributed by atoms with van der Waals surface area (Å²) in [5.41, 5.74) is 5.45. The molecular weight excluding hydrogens is 1000 g/mol. The molecule has 0 saturated heterocycles. The van der Waals surface area contributed by atoms with Gasteiger partial charge in [-0.2, -0.15) is 25.6 Å². The molecule has 23 nitrogen and oxygen atoms in total. The van der Waals surface area contributed by atoms with Crippen LogP contribution in [0.3, 0.4) is 0 Å². The van der Waals surface area contributed by atoms with Crippen LogP contribution in [0.4, 0.5) is 41.6 Å². The molecule has 0 spiro atoms. The molecule has 2 aliphatic rings. The number of fused-ring (bicyclic) bond motifs is 2. The van der Waals surface area contributed by atoms with E-state index in [1.807, 2.05) is 75.4 Å². The van der Waals surface area contributed by atoms with Gasteiger partial charge in [0.15, 0.2) is 11.6 Å². The van der Waals surface area contributed by atoms with Crippen LogP contribution in [0, 0.1) is 11.6 Å². The number of aromatic amines is 1. The third kappa shape index (κ3) is 12.1. The predicted molar refractivity (Wildman–Crippen MR) is 238 cm³/mol. The Bertz CT molecular complexity index is 2840. The summed E-state index contributed by atoms with van der Waals surface area (Å²) >= 11 is 2.15. The maximum Gasteiger partial charge on any atom is 1.00 e. The maximum atomic E-state index is 14.7. The average molecular weight is 1040 g/mol. The van der Waals surface area contributed by atoms with Gasteiger partial charge in [0, 0.05) is 18.4 Å². The molecular formula is C40H38F2IN18NaO5. The molecule has 27 heteroatoms. The van der Waals surface area contributed by atoms with Crippen LogP contribution in [-0.2, 0) is 55.9 Å². The van der Waals surface area contributed by atoms with Gasteiger partial charge in [0.1, 0.15) is 47.4 Å². The van der Waals surface area contributed by atoms with Gasteiger partial charge in [-0.1, -0.05) is 93.5 Å². The quantitative estimate of drug-likeness (QED) is 0.101. The molecule has 4 N–H and O–H groups in total. The molecule has 67 heavy (non-hydrogen) atoms. The molecule has 4 aromatic heterocycles. The van der Waals surface area contributed by atoms with Gasteiger partial charge in [-0.3, -0.25) is 10.6 Å². The number of alkyl halides is 1. The summed E-state index contributed by atoms with van der Waals surface area (Å²) in [6.07, 6.45) is -1.34. The largest absolute Gasteiger partial charge is 1.00 e. The van der Waals surface area contributed by atoms with E-state index in [0.29, 0.717) is 49.5 Å². The number of carbonyl (C=O) groups excluding carboxylic acids is 2. The minimum atomic E-state index is -0.672. The number of nitrogens with one attached hydrogen (secondary N) is 3. The molecule has 0 aliphatic carbocycles. The normalized spacial score (nSPS) is 12.0. The fourth-order valence-corrected chi connectivity index (χ4v) is 6.59. The van der Waals surface area contributed by atoms with E-state index in [2.05, 4.69) is 89.8 Å². The third-order valence-electron chi connectivity index (χ3n) is 9.63. The summed E-state index contributed by atoms with van der Waals surface area (Å²) in [7, 11) is 1.75. The van der Waals surface area contributed by atoms with Gasteiger partial charge in [-0.25, -0.2) is 23.1 Å². The number of H-pyrrole nitrogens is 1. The van der Waals surface area contributed by atoms with Gasteiger partial charge in [-0.05, 0) is 68.1 Å². The summed E-state index contributed by atoms with van der Waals surface area (Å²) in [4.78, 5) is 32.2. The van der Waals surface area contributed by atoms with Gasteiger partial charge in [0.25, 0.3) is 5.95 Å². The number of amides is 2. The van der Waals surface area contributed by atoms with E-state index in [1.165, 1.54) is 33.9 Å². The van der Waals surface area contributed by atoms with Crippen LogP contribution in [-0.4, -0.2) is 93.4 Å². The first kappa shape index (κ1) is 49.4.